The SMILES string of the molecule is C=CC(CC)[C@H]1CC[C@H](CCc2ccc(C#C[C@H]3CC[C@H](C(F)(F)F)CC3)cc2)CC1. The van der Waals surface area contributed by atoms with Crippen LogP contribution in [0.3, 0.4) is 0 Å². The van der Waals surface area contributed by atoms with Crippen LogP contribution >= 0.6 is 0 Å². The van der Waals surface area contributed by atoms with Gasteiger partial charge in [-0.2, -0.15) is 13.2 Å². The summed E-state index contributed by atoms with van der Waals surface area (Å²) in [5.74, 6) is 7.73. The first kappa shape index (κ1) is 24.0. The van der Waals surface area contributed by atoms with Gasteiger partial charge in [0.05, 0.1) is 5.92 Å². The summed E-state index contributed by atoms with van der Waals surface area (Å²) in [5.41, 5.74) is 2.33. The number of hydrogen-bond donors (Lipinski definition) is 0. The lowest BCUT2D eigenvalue weighted by Crippen LogP contribution is -2.27. The molecule has 1 aromatic rings. The molecule has 3 rings (SSSR count). The van der Waals surface area contributed by atoms with Gasteiger partial charge in [0.25, 0.3) is 0 Å². The topological polar surface area (TPSA) is 0 Å². The molecule has 1 unspecified atom stereocenters. The fourth-order valence-electron chi connectivity index (χ4n) is 5.47. The lowest BCUT2D eigenvalue weighted by atomic mass is 9.73. The van der Waals surface area contributed by atoms with Gasteiger partial charge < -0.3 is 0 Å². The maximum Gasteiger partial charge on any atom is 0.391 e. The number of benzene rings is 1. The predicted octanol–water partition coefficient (Wildman–Crippen LogP) is 8.36. The molecule has 31 heavy (non-hydrogen) atoms. The van der Waals surface area contributed by atoms with Crippen LogP contribution in [0.15, 0.2) is 36.9 Å². The Bertz CT molecular complexity index is 733. The van der Waals surface area contributed by atoms with Crippen molar-refractivity contribution < 1.29 is 13.2 Å². The highest BCUT2D eigenvalue weighted by molar-refractivity contribution is 5.36. The third-order valence-corrected chi connectivity index (χ3v) is 7.68. The van der Waals surface area contributed by atoms with Gasteiger partial charge in [-0.05, 0) is 93.2 Å². The molecule has 0 heterocycles. The Balaban J connectivity index is 1.41. The Labute approximate surface area is 186 Å². The average Bonchev–Trinajstić information content (AvgIpc) is 2.78. The van der Waals surface area contributed by atoms with E-state index < -0.39 is 12.1 Å². The fourth-order valence-corrected chi connectivity index (χ4v) is 5.47. The molecule has 1 atom stereocenters. The van der Waals surface area contributed by atoms with E-state index in [1.54, 1.807) is 0 Å². The lowest BCUT2D eigenvalue weighted by molar-refractivity contribution is -0.182. The van der Waals surface area contributed by atoms with Crippen molar-refractivity contribution in [3.8, 4) is 11.8 Å². The number of hydrogen-bond acceptors (Lipinski definition) is 0. The third kappa shape index (κ3) is 7.16. The Morgan fingerprint density at radius 2 is 1.65 bits per heavy atom. The van der Waals surface area contributed by atoms with Gasteiger partial charge >= 0.3 is 6.18 Å². The maximum atomic E-state index is 12.8. The molecule has 2 saturated carbocycles. The van der Waals surface area contributed by atoms with Crippen LogP contribution in [0.2, 0.25) is 0 Å². The summed E-state index contributed by atoms with van der Waals surface area (Å²) in [6.07, 6.45) is 8.62. The van der Waals surface area contributed by atoms with E-state index in [1.165, 1.54) is 44.1 Å². The normalized spacial score (nSPS) is 27.7. The summed E-state index contributed by atoms with van der Waals surface area (Å²) >= 11 is 0. The minimum Gasteiger partial charge on any atom is -0.171 e. The highest BCUT2D eigenvalue weighted by atomic mass is 19.4. The molecule has 0 aromatic heterocycles. The summed E-state index contributed by atoms with van der Waals surface area (Å²) in [6, 6.07) is 8.47. The van der Waals surface area contributed by atoms with E-state index in [9.17, 15) is 13.2 Å². The van der Waals surface area contributed by atoms with Crippen molar-refractivity contribution in [1.29, 1.82) is 0 Å². The summed E-state index contributed by atoms with van der Waals surface area (Å²) in [6.45, 7) is 6.28. The van der Waals surface area contributed by atoms with Crippen LogP contribution in [-0.4, -0.2) is 6.18 Å². The van der Waals surface area contributed by atoms with Crippen LogP contribution in [0.1, 0.15) is 82.3 Å². The van der Waals surface area contributed by atoms with Gasteiger partial charge in [0.2, 0.25) is 0 Å². The second-order valence-electron chi connectivity index (χ2n) is 9.68. The predicted molar refractivity (Wildman–Crippen MR) is 123 cm³/mol. The monoisotopic (exact) mass is 430 g/mol. The van der Waals surface area contributed by atoms with Gasteiger partial charge in [0, 0.05) is 11.5 Å². The van der Waals surface area contributed by atoms with Crippen molar-refractivity contribution in [3.05, 3.63) is 48.0 Å². The van der Waals surface area contributed by atoms with E-state index in [0.29, 0.717) is 18.8 Å². The van der Waals surface area contributed by atoms with E-state index in [4.69, 9.17) is 0 Å². The van der Waals surface area contributed by atoms with Crippen molar-refractivity contribution in [1.82, 2.24) is 0 Å². The number of halogens is 3. The molecule has 0 bridgehead atoms. The van der Waals surface area contributed by atoms with E-state index >= 15 is 0 Å². The van der Waals surface area contributed by atoms with Crippen molar-refractivity contribution in [2.45, 2.75) is 83.7 Å². The van der Waals surface area contributed by atoms with Crippen LogP contribution in [0.25, 0.3) is 0 Å². The molecule has 0 radical (unpaired) electrons. The molecular formula is C28H37F3. The molecule has 3 heteroatoms. The smallest absolute Gasteiger partial charge is 0.171 e. The molecule has 0 aliphatic heterocycles. The zero-order valence-electron chi connectivity index (χ0n) is 18.9. The molecule has 1 aromatic carbocycles. The van der Waals surface area contributed by atoms with E-state index in [2.05, 4.69) is 55.7 Å². The van der Waals surface area contributed by atoms with Crippen molar-refractivity contribution in [2.75, 3.05) is 0 Å². The third-order valence-electron chi connectivity index (χ3n) is 7.68. The van der Waals surface area contributed by atoms with Crippen LogP contribution in [-0.2, 0) is 6.42 Å². The Morgan fingerprint density at radius 1 is 1.00 bits per heavy atom. The molecule has 0 saturated heterocycles. The van der Waals surface area contributed by atoms with Gasteiger partial charge in [0.15, 0.2) is 0 Å². The van der Waals surface area contributed by atoms with E-state index in [1.807, 2.05) is 0 Å². The standard InChI is InChI=1S/C28H37F3/c1-3-25(4-2)26-17-13-23(14-18-26)11-9-21-5-7-22(8-6-21)10-12-24-15-19-27(20-16-24)28(29,30)31/h3,5-8,23-27H,1,4,9,11,13-20H2,2H3/t23-,24-,25?,26-,27-. The van der Waals surface area contributed by atoms with Crippen LogP contribution in [0.4, 0.5) is 13.2 Å². The number of allylic oxidation sites excluding steroid dienone is 1. The first-order chi connectivity index (χ1) is 14.9. The first-order valence-electron chi connectivity index (χ1n) is 12.2. The van der Waals surface area contributed by atoms with Gasteiger partial charge in [-0.15, -0.1) is 6.58 Å². The Kier molecular flexibility index (Phi) is 8.70. The summed E-state index contributed by atoms with van der Waals surface area (Å²) in [5, 5.41) is 0. The Morgan fingerprint density at radius 3 is 2.19 bits per heavy atom. The molecule has 2 aliphatic carbocycles. The molecule has 0 nitrogen and oxygen atoms in total. The van der Waals surface area contributed by atoms with Crippen molar-refractivity contribution in [2.24, 2.45) is 29.6 Å². The second-order valence-corrected chi connectivity index (χ2v) is 9.68. The highest BCUT2D eigenvalue weighted by Gasteiger charge is 2.41. The molecule has 170 valence electrons. The lowest BCUT2D eigenvalue weighted by Gasteiger charge is -2.32. The summed E-state index contributed by atoms with van der Waals surface area (Å²) in [4.78, 5) is 0. The second kappa shape index (κ2) is 11.3. The van der Waals surface area contributed by atoms with Gasteiger partial charge in [-0.1, -0.05) is 49.8 Å². The zero-order chi connectivity index (χ0) is 22.3. The summed E-state index contributed by atoms with van der Waals surface area (Å²) in [7, 11) is 0. The minimum atomic E-state index is -4.04. The molecule has 0 spiro atoms. The Hall–Kier alpha value is -1.69. The largest absolute Gasteiger partial charge is 0.391 e. The van der Waals surface area contributed by atoms with E-state index in [0.717, 1.165) is 23.8 Å². The highest BCUT2D eigenvalue weighted by Crippen LogP contribution is 2.39. The number of rotatable bonds is 6. The van der Waals surface area contributed by atoms with Crippen molar-refractivity contribution >= 4 is 0 Å². The van der Waals surface area contributed by atoms with Gasteiger partial charge in [-0.25, -0.2) is 0 Å². The molecule has 2 aliphatic rings. The minimum absolute atomic E-state index is 0.0989. The average molecular weight is 431 g/mol. The van der Waals surface area contributed by atoms with Gasteiger partial charge in [0.1, 0.15) is 0 Å². The quantitative estimate of drug-likeness (QED) is 0.314. The fraction of sp³-hybridized carbons (Fsp3) is 0.643. The molecule has 0 N–H and O–H groups in total. The van der Waals surface area contributed by atoms with Crippen LogP contribution in [0, 0.1) is 41.4 Å². The molecule has 2 fully saturated rings. The van der Waals surface area contributed by atoms with E-state index in [-0.39, 0.29) is 18.8 Å². The maximum absolute atomic E-state index is 12.8. The van der Waals surface area contributed by atoms with Crippen molar-refractivity contribution in [3.63, 3.8) is 0 Å². The number of aryl methyl sites for hydroxylation is 1. The van der Waals surface area contributed by atoms with Crippen LogP contribution in [0.5, 0.6) is 0 Å². The van der Waals surface area contributed by atoms with Crippen LogP contribution < -0.4 is 0 Å². The molecule has 0 amide bonds. The zero-order valence-corrected chi connectivity index (χ0v) is 18.9. The first-order valence-corrected chi connectivity index (χ1v) is 12.2. The van der Waals surface area contributed by atoms with Gasteiger partial charge in [-0.3, -0.25) is 0 Å². The molecular weight excluding hydrogens is 393 g/mol. The summed E-state index contributed by atoms with van der Waals surface area (Å²) < 4.78 is 38.3. The number of alkyl halides is 3.